The molecule has 0 fully saturated rings. The van der Waals surface area contributed by atoms with E-state index < -0.39 is 0 Å². The second-order valence-electron chi connectivity index (χ2n) is 17.9. The maximum Gasteiger partial charge on any atom is 0.210 e. The average Bonchev–Trinajstić information content (AvgIpc) is 3.83. The third kappa shape index (κ3) is 5.46. The van der Waals surface area contributed by atoms with Gasteiger partial charge in [0.05, 0.1) is 12.0 Å². The maximum atomic E-state index is 6.43. The minimum Gasteiger partial charge on any atom is -0.492 e. The Hall–Kier alpha value is -5.81. The summed E-state index contributed by atoms with van der Waals surface area (Å²) in [5.41, 5.74) is 13.8. The standard InChI is InChI=1S/C51H49N2O3/c1-49(2)30-32(24-47-50(3,4)39-28-45-37(26-41(39)52(47)7)35-17-11-13-19-43(35)55-45)23-33(31-49)25-48-51(5,6)40-29-46-38(36-18-12-14-20-44(36)56-46)27-42(40)53(48)21-22-54-34-15-9-8-10-16-34/h8-20,23-29H,21-22,30-31H2,1-7H3/q+1. The lowest BCUT2D eigenvalue weighted by Gasteiger charge is -2.33. The van der Waals surface area contributed by atoms with Crippen LogP contribution in [0.3, 0.4) is 0 Å². The number of anilines is 1. The van der Waals surface area contributed by atoms with Crippen molar-refractivity contribution in [1.29, 1.82) is 0 Å². The second kappa shape index (κ2) is 12.3. The van der Waals surface area contributed by atoms with Crippen molar-refractivity contribution in [1.82, 2.24) is 0 Å². The van der Waals surface area contributed by atoms with E-state index in [2.05, 4.69) is 137 Å². The number of ether oxygens (including phenoxy) is 1. The normalized spacial score (nSPS) is 19.8. The van der Waals surface area contributed by atoms with Crippen LogP contribution in [0.1, 0.15) is 65.5 Å². The lowest BCUT2D eigenvalue weighted by molar-refractivity contribution is -0.401. The van der Waals surface area contributed by atoms with Crippen molar-refractivity contribution >= 4 is 61.0 Å². The first-order chi connectivity index (χ1) is 26.9. The molecule has 56 heavy (non-hydrogen) atoms. The number of hydrogen-bond donors (Lipinski definition) is 0. The highest BCUT2D eigenvalue weighted by atomic mass is 16.5. The van der Waals surface area contributed by atoms with Gasteiger partial charge in [-0.2, -0.15) is 4.58 Å². The Balaban J connectivity index is 1.06. The van der Waals surface area contributed by atoms with Crippen molar-refractivity contribution in [3.8, 4) is 5.75 Å². The molecule has 10 rings (SSSR count). The van der Waals surface area contributed by atoms with Crippen molar-refractivity contribution in [3.63, 3.8) is 0 Å². The molecule has 3 aliphatic rings. The summed E-state index contributed by atoms with van der Waals surface area (Å²) in [6, 6.07) is 36.1. The van der Waals surface area contributed by atoms with Gasteiger partial charge in [0, 0.05) is 56.1 Å². The predicted molar refractivity (Wildman–Crippen MR) is 231 cm³/mol. The van der Waals surface area contributed by atoms with Crippen molar-refractivity contribution < 1.29 is 18.1 Å². The maximum absolute atomic E-state index is 6.43. The van der Waals surface area contributed by atoms with E-state index in [4.69, 9.17) is 13.6 Å². The third-order valence-corrected chi connectivity index (χ3v) is 12.6. The fourth-order valence-corrected chi connectivity index (χ4v) is 9.91. The van der Waals surface area contributed by atoms with Crippen LogP contribution in [0.2, 0.25) is 0 Å². The van der Waals surface area contributed by atoms with E-state index in [1.54, 1.807) is 0 Å². The Labute approximate surface area is 328 Å². The summed E-state index contributed by atoms with van der Waals surface area (Å²) < 4.78 is 21.5. The van der Waals surface area contributed by atoms with Gasteiger partial charge in [0.15, 0.2) is 5.71 Å². The van der Waals surface area contributed by atoms with Crippen molar-refractivity contribution in [2.45, 2.75) is 65.2 Å². The molecule has 5 heteroatoms. The molecule has 2 aromatic heterocycles. The van der Waals surface area contributed by atoms with Crippen LogP contribution < -0.4 is 9.64 Å². The molecule has 0 spiro atoms. The summed E-state index contributed by atoms with van der Waals surface area (Å²) in [6.07, 6.45) is 9.44. The molecule has 2 aliphatic heterocycles. The Morgan fingerprint density at radius 3 is 1.98 bits per heavy atom. The molecule has 4 heterocycles. The van der Waals surface area contributed by atoms with Crippen LogP contribution in [-0.2, 0) is 10.8 Å². The molecule has 0 atom stereocenters. The summed E-state index contributed by atoms with van der Waals surface area (Å²) in [5.74, 6) is 0.890. The highest BCUT2D eigenvalue weighted by Crippen LogP contribution is 2.52. The lowest BCUT2D eigenvalue weighted by atomic mass is 9.73. The Kier molecular flexibility index (Phi) is 7.64. The van der Waals surface area contributed by atoms with Crippen LogP contribution in [0.4, 0.5) is 11.4 Å². The highest BCUT2D eigenvalue weighted by molar-refractivity contribution is 6.10. The van der Waals surface area contributed by atoms with Crippen LogP contribution in [0.15, 0.2) is 147 Å². The van der Waals surface area contributed by atoms with Crippen LogP contribution in [0.5, 0.6) is 5.75 Å². The molecule has 1 aliphatic carbocycles. The molecular formula is C51H49N2O3+. The zero-order chi connectivity index (χ0) is 38.6. The summed E-state index contributed by atoms with van der Waals surface area (Å²) in [7, 11) is 2.22. The molecule has 0 radical (unpaired) electrons. The number of rotatable bonds is 6. The molecule has 280 valence electrons. The third-order valence-electron chi connectivity index (χ3n) is 12.6. The smallest absolute Gasteiger partial charge is 0.210 e. The van der Waals surface area contributed by atoms with E-state index in [0.29, 0.717) is 6.61 Å². The van der Waals surface area contributed by atoms with E-state index in [-0.39, 0.29) is 16.2 Å². The summed E-state index contributed by atoms with van der Waals surface area (Å²) in [5, 5.41) is 4.63. The summed E-state index contributed by atoms with van der Waals surface area (Å²) in [4.78, 5) is 2.50. The van der Waals surface area contributed by atoms with Crippen LogP contribution in [0.25, 0.3) is 43.9 Å². The number of fused-ring (bicyclic) bond motifs is 8. The molecule has 0 amide bonds. The fraction of sp³-hybridized carbons (Fsp3) is 0.275. The first-order valence-electron chi connectivity index (χ1n) is 20.0. The van der Waals surface area contributed by atoms with Gasteiger partial charge in [-0.1, -0.05) is 88.4 Å². The average molecular weight is 738 g/mol. The number of allylic oxidation sites excluding steroid dienone is 6. The molecule has 0 saturated carbocycles. The minimum absolute atomic E-state index is 0.0933. The molecule has 0 bridgehead atoms. The van der Waals surface area contributed by atoms with Gasteiger partial charge in [0.25, 0.3) is 0 Å². The summed E-state index contributed by atoms with van der Waals surface area (Å²) in [6.45, 7) is 15.5. The number of nitrogens with zero attached hydrogens (tertiary/aromatic N) is 2. The number of furan rings is 2. The number of hydrogen-bond acceptors (Lipinski definition) is 4. The van der Waals surface area contributed by atoms with Gasteiger partial charge >= 0.3 is 0 Å². The Morgan fingerprint density at radius 1 is 0.661 bits per heavy atom. The number of benzene rings is 5. The van der Waals surface area contributed by atoms with Crippen LogP contribution >= 0.6 is 0 Å². The topological polar surface area (TPSA) is 41.8 Å². The molecule has 0 N–H and O–H groups in total. The SMILES string of the molecule is C[N+]1=C(C=C2C=C(C=C3N(CCOc4ccccc4)c4cc5c(cc4C3(C)C)oc3ccccc35)CC(C)(C)C2)C(C)(C)c2cc3oc4ccccc4c3cc21. The lowest BCUT2D eigenvalue weighted by Crippen LogP contribution is -2.30. The van der Waals surface area contributed by atoms with Gasteiger partial charge < -0.3 is 18.5 Å². The predicted octanol–water partition coefficient (Wildman–Crippen LogP) is 12.9. The first kappa shape index (κ1) is 34.7. The zero-order valence-corrected chi connectivity index (χ0v) is 33.5. The van der Waals surface area contributed by atoms with Gasteiger partial charge in [-0.15, -0.1) is 0 Å². The van der Waals surface area contributed by atoms with Gasteiger partial charge in [0.1, 0.15) is 41.7 Å². The van der Waals surface area contributed by atoms with E-state index in [0.717, 1.165) is 63.6 Å². The van der Waals surface area contributed by atoms with Crippen LogP contribution in [-0.4, -0.2) is 30.5 Å². The molecule has 7 aromatic rings. The number of para-hydroxylation sites is 3. The fourth-order valence-electron chi connectivity index (χ4n) is 9.91. The van der Waals surface area contributed by atoms with Crippen LogP contribution in [0, 0.1) is 5.41 Å². The second-order valence-corrected chi connectivity index (χ2v) is 17.9. The van der Waals surface area contributed by atoms with E-state index in [9.17, 15) is 0 Å². The monoisotopic (exact) mass is 737 g/mol. The van der Waals surface area contributed by atoms with E-state index in [1.165, 1.54) is 50.4 Å². The highest BCUT2D eigenvalue weighted by Gasteiger charge is 2.45. The van der Waals surface area contributed by atoms with E-state index >= 15 is 0 Å². The summed E-state index contributed by atoms with van der Waals surface area (Å²) >= 11 is 0. The molecular weight excluding hydrogens is 689 g/mol. The minimum atomic E-state index is -0.257. The van der Waals surface area contributed by atoms with Crippen molar-refractivity contribution in [2.75, 3.05) is 25.1 Å². The van der Waals surface area contributed by atoms with Crippen molar-refractivity contribution in [2.24, 2.45) is 5.41 Å². The molecule has 0 saturated heterocycles. The quantitative estimate of drug-likeness (QED) is 0.159. The Bertz CT molecular complexity index is 2870. The van der Waals surface area contributed by atoms with Crippen molar-refractivity contribution in [3.05, 3.63) is 149 Å². The van der Waals surface area contributed by atoms with E-state index in [1.807, 2.05) is 42.5 Å². The zero-order valence-electron chi connectivity index (χ0n) is 33.5. The van der Waals surface area contributed by atoms with Gasteiger partial charge in [-0.05, 0) is 97.4 Å². The Morgan fingerprint density at radius 2 is 1.29 bits per heavy atom. The van der Waals surface area contributed by atoms with Gasteiger partial charge in [-0.3, -0.25) is 0 Å². The largest absolute Gasteiger partial charge is 0.492 e. The first-order valence-corrected chi connectivity index (χ1v) is 20.0. The van der Waals surface area contributed by atoms with Gasteiger partial charge in [-0.25, -0.2) is 0 Å². The molecule has 5 nitrogen and oxygen atoms in total. The van der Waals surface area contributed by atoms with Gasteiger partial charge in [0.2, 0.25) is 5.69 Å². The molecule has 0 unspecified atom stereocenters. The molecule has 5 aromatic carbocycles.